The molecule has 0 atom stereocenters. The summed E-state index contributed by atoms with van der Waals surface area (Å²) in [6.45, 7) is 3.58. The zero-order chi connectivity index (χ0) is 12.4. The van der Waals surface area contributed by atoms with E-state index >= 15 is 0 Å². The van der Waals surface area contributed by atoms with Crippen LogP contribution < -0.4 is 0 Å². The van der Waals surface area contributed by atoms with Crippen molar-refractivity contribution in [3.63, 3.8) is 0 Å². The minimum Gasteiger partial charge on any atom is -0.339 e. The molecule has 2 rings (SSSR count). The van der Waals surface area contributed by atoms with Crippen LogP contribution in [-0.4, -0.2) is 28.7 Å². The highest BCUT2D eigenvalue weighted by atomic mass is 79.9. The molecule has 1 fully saturated rings. The highest BCUT2D eigenvalue weighted by Gasteiger charge is 2.22. The predicted molar refractivity (Wildman–Crippen MR) is 74.0 cm³/mol. The zero-order valence-corrected chi connectivity index (χ0v) is 12.1. The normalized spacial score (nSPS) is 17.2. The lowest BCUT2D eigenvalue weighted by atomic mass is 10.1. The maximum Gasteiger partial charge on any atom is 0.253 e. The summed E-state index contributed by atoms with van der Waals surface area (Å²) in [7, 11) is 0. The summed E-state index contributed by atoms with van der Waals surface area (Å²) in [5.74, 6) is 0.115. The SMILES string of the molecule is Cc1cc(C(=O)N2CCC(Br)CC2)ccc1Cl. The molecule has 0 bridgehead atoms. The summed E-state index contributed by atoms with van der Waals surface area (Å²) >= 11 is 9.55. The highest BCUT2D eigenvalue weighted by molar-refractivity contribution is 9.09. The first-order valence-corrected chi connectivity index (χ1v) is 7.07. The van der Waals surface area contributed by atoms with Gasteiger partial charge in [0.1, 0.15) is 0 Å². The third kappa shape index (κ3) is 3.02. The third-order valence-corrected chi connectivity index (χ3v) is 4.46. The lowest BCUT2D eigenvalue weighted by molar-refractivity contribution is 0.0728. The number of nitrogens with zero attached hydrogens (tertiary/aromatic N) is 1. The molecule has 2 nitrogen and oxygen atoms in total. The zero-order valence-electron chi connectivity index (χ0n) is 9.75. The van der Waals surface area contributed by atoms with E-state index < -0.39 is 0 Å². The predicted octanol–water partition coefficient (Wildman–Crippen LogP) is 3.65. The van der Waals surface area contributed by atoms with Crippen LogP contribution in [0.4, 0.5) is 0 Å². The van der Waals surface area contributed by atoms with Crippen LogP contribution in [0.3, 0.4) is 0 Å². The van der Waals surface area contributed by atoms with E-state index in [-0.39, 0.29) is 5.91 Å². The Balaban J connectivity index is 2.11. The Bertz CT molecular complexity index is 427. The Morgan fingerprint density at radius 2 is 2.06 bits per heavy atom. The van der Waals surface area contributed by atoms with Gasteiger partial charge in [0.2, 0.25) is 0 Å². The summed E-state index contributed by atoms with van der Waals surface area (Å²) in [5, 5.41) is 0.709. The van der Waals surface area contributed by atoms with Crippen molar-refractivity contribution >= 4 is 33.4 Å². The summed E-state index contributed by atoms with van der Waals surface area (Å²) in [6, 6.07) is 5.46. The highest BCUT2D eigenvalue weighted by Crippen LogP contribution is 2.21. The fourth-order valence-electron chi connectivity index (χ4n) is 2.01. The molecule has 92 valence electrons. The summed E-state index contributed by atoms with van der Waals surface area (Å²) in [4.78, 5) is 14.7. The first-order valence-electron chi connectivity index (χ1n) is 5.77. The minimum absolute atomic E-state index is 0.115. The number of halogens is 2. The van der Waals surface area contributed by atoms with Gasteiger partial charge in [-0.25, -0.2) is 0 Å². The minimum atomic E-state index is 0.115. The molecule has 1 aromatic carbocycles. The quantitative estimate of drug-likeness (QED) is 0.724. The number of alkyl halides is 1. The van der Waals surface area contributed by atoms with E-state index in [1.807, 2.05) is 17.9 Å². The number of amides is 1. The molecule has 1 amide bonds. The summed E-state index contributed by atoms with van der Waals surface area (Å²) in [6.07, 6.45) is 2.05. The molecule has 0 N–H and O–H groups in total. The van der Waals surface area contributed by atoms with E-state index in [9.17, 15) is 4.79 Å². The summed E-state index contributed by atoms with van der Waals surface area (Å²) in [5.41, 5.74) is 1.69. The van der Waals surface area contributed by atoms with Crippen molar-refractivity contribution in [2.75, 3.05) is 13.1 Å². The average Bonchev–Trinajstić information content (AvgIpc) is 2.33. The van der Waals surface area contributed by atoms with E-state index in [0.29, 0.717) is 9.85 Å². The number of carbonyl (C=O) groups excluding carboxylic acids is 1. The average molecular weight is 317 g/mol. The molecule has 0 unspecified atom stereocenters. The standard InChI is InChI=1S/C13H15BrClNO/c1-9-8-10(2-3-12(9)15)13(17)16-6-4-11(14)5-7-16/h2-3,8,11H,4-7H2,1H3. The molecule has 0 aromatic heterocycles. The van der Waals surface area contributed by atoms with Gasteiger partial charge in [-0.05, 0) is 43.5 Å². The lowest BCUT2D eigenvalue weighted by Gasteiger charge is -2.29. The first-order chi connectivity index (χ1) is 8.08. The van der Waals surface area contributed by atoms with Crippen LogP contribution in [0.5, 0.6) is 0 Å². The molecule has 1 aliphatic rings. The van der Waals surface area contributed by atoms with Crippen LogP contribution in [0, 0.1) is 6.92 Å². The maximum absolute atomic E-state index is 12.2. The van der Waals surface area contributed by atoms with E-state index in [1.165, 1.54) is 0 Å². The van der Waals surface area contributed by atoms with Gasteiger partial charge in [-0.1, -0.05) is 27.5 Å². The topological polar surface area (TPSA) is 20.3 Å². The number of likely N-dealkylation sites (tertiary alicyclic amines) is 1. The largest absolute Gasteiger partial charge is 0.339 e. The van der Waals surface area contributed by atoms with Crippen molar-refractivity contribution in [3.05, 3.63) is 34.3 Å². The molecule has 1 saturated heterocycles. The van der Waals surface area contributed by atoms with Crippen molar-refractivity contribution in [1.29, 1.82) is 0 Å². The van der Waals surface area contributed by atoms with Gasteiger partial charge in [0.15, 0.2) is 0 Å². The van der Waals surface area contributed by atoms with E-state index in [2.05, 4.69) is 15.9 Å². The van der Waals surface area contributed by atoms with Crippen molar-refractivity contribution in [1.82, 2.24) is 4.90 Å². The fourth-order valence-corrected chi connectivity index (χ4v) is 2.54. The maximum atomic E-state index is 12.2. The Kier molecular flexibility index (Phi) is 4.10. The number of piperidine rings is 1. The van der Waals surface area contributed by atoms with Crippen LogP contribution in [0.25, 0.3) is 0 Å². The smallest absolute Gasteiger partial charge is 0.253 e. The van der Waals surface area contributed by atoms with Crippen molar-refractivity contribution < 1.29 is 4.79 Å². The Hall–Kier alpha value is -0.540. The molecular formula is C13H15BrClNO. The Morgan fingerprint density at radius 3 is 2.65 bits per heavy atom. The van der Waals surface area contributed by atoms with Crippen LogP contribution in [0.1, 0.15) is 28.8 Å². The summed E-state index contributed by atoms with van der Waals surface area (Å²) < 4.78 is 0. The number of benzene rings is 1. The van der Waals surface area contributed by atoms with Gasteiger partial charge in [0.05, 0.1) is 0 Å². The first kappa shape index (κ1) is 12.9. The molecule has 0 radical (unpaired) electrons. The number of hydrogen-bond acceptors (Lipinski definition) is 1. The van der Waals surface area contributed by atoms with Crippen molar-refractivity contribution in [2.24, 2.45) is 0 Å². The molecule has 0 aliphatic carbocycles. The van der Waals surface area contributed by atoms with Crippen LogP contribution in [0.2, 0.25) is 5.02 Å². The van der Waals surface area contributed by atoms with Crippen molar-refractivity contribution in [2.45, 2.75) is 24.6 Å². The monoisotopic (exact) mass is 315 g/mol. The number of aryl methyl sites for hydroxylation is 1. The molecule has 17 heavy (non-hydrogen) atoms. The van der Waals surface area contributed by atoms with Crippen LogP contribution in [-0.2, 0) is 0 Å². The van der Waals surface area contributed by atoms with Crippen LogP contribution in [0.15, 0.2) is 18.2 Å². The van der Waals surface area contributed by atoms with Gasteiger partial charge in [-0.15, -0.1) is 0 Å². The van der Waals surface area contributed by atoms with Gasteiger partial charge in [0, 0.05) is 28.5 Å². The molecule has 4 heteroatoms. The molecule has 1 aromatic rings. The molecule has 1 aliphatic heterocycles. The lowest BCUT2D eigenvalue weighted by Crippen LogP contribution is -2.38. The second-order valence-electron chi connectivity index (χ2n) is 4.43. The van der Waals surface area contributed by atoms with Gasteiger partial charge in [0.25, 0.3) is 5.91 Å². The fraction of sp³-hybridized carbons (Fsp3) is 0.462. The molecule has 1 heterocycles. The molecular weight excluding hydrogens is 302 g/mol. The molecule has 0 saturated carbocycles. The molecule has 0 spiro atoms. The number of hydrogen-bond donors (Lipinski definition) is 0. The Labute approximate surface area is 115 Å². The van der Waals surface area contributed by atoms with Gasteiger partial charge >= 0.3 is 0 Å². The van der Waals surface area contributed by atoms with Gasteiger partial charge in [-0.2, -0.15) is 0 Å². The third-order valence-electron chi connectivity index (χ3n) is 3.12. The Morgan fingerprint density at radius 1 is 1.41 bits per heavy atom. The van der Waals surface area contributed by atoms with Crippen molar-refractivity contribution in [3.8, 4) is 0 Å². The second kappa shape index (κ2) is 5.40. The number of rotatable bonds is 1. The van der Waals surface area contributed by atoms with Gasteiger partial charge in [-0.3, -0.25) is 4.79 Å². The van der Waals surface area contributed by atoms with Gasteiger partial charge < -0.3 is 4.90 Å². The second-order valence-corrected chi connectivity index (χ2v) is 6.13. The van der Waals surface area contributed by atoms with E-state index in [0.717, 1.165) is 37.1 Å². The van der Waals surface area contributed by atoms with Crippen LogP contribution >= 0.6 is 27.5 Å². The van der Waals surface area contributed by atoms with E-state index in [4.69, 9.17) is 11.6 Å². The van der Waals surface area contributed by atoms with E-state index in [1.54, 1.807) is 12.1 Å². The number of carbonyl (C=O) groups is 1.